The number of esters is 1. The van der Waals surface area contributed by atoms with Gasteiger partial charge in [0.15, 0.2) is 0 Å². The number of methoxy groups -OCH3 is 1. The number of guanidine groups is 1. The number of aliphatic imine (C=N–C) groups is 1. The van der Waals surface area contributed by atoms with Crippen molar-refractivity contribution in [1.82, 2.24) is 20.9 Å². The molecule has 4 amide bonds. The minimum absolute atomic E-state index is 0.00207. The summed E-state index contributed by atoms with van der Waals surface area (Å²) in [4.78, 5) is 71.6. The highest BCUT2D eigenvalue weighted by molar-refractivity contribution is 6.07. The van der Waals surface area contributed by atoms with Crippen LogP contribution in [0.2, 0.25) is 0 Å². The first kappa shape index (κ1) is 38.4. The lowest BCUT2D eigenvalue weighted by atomic mass is 9.90. The molecule has 3 N–H and O–H groups in total. The number of benzene rings is 2. The van der Waals surface area contributed by atoms with Crippen LogP contribution in [0.4, 0.5) is 14.4 Å². The first-order valence-electron chi connectivity index (χ1n) is 16.8. The van der Waals surface area contributed by atoms with Crippen LogP contribution in [-0.4, -0.2) is 78.0 Å². The molecule has 0 aromatic heterocycles. The lowest BCUT2D eigenvalue weighted by Crippen LogP contribution is -2.52. The van der Waals surface area contributed by atoms with E-state index in [9.17, 15) is 24.0 Å². The number of hydrogen-bond acceptors (Lipinski definition) is 10. The van der Waals surface area contributed by atoms with E-state index in [1.165, 1.54) is 12.0 Å². The van der Waals surface area contributed by atoms with Crippen molar-refractivity contribution in [2.24, 2.45) is 10.9 Å². The van der Waals surface area contributed by atoms with Crippen LogP contribution in [0.15, 0.2) is 71.4 Å². The Morgan fingerprint density at radius 2 is 1.41 bits per heavy atom. The monoisotopic (exact) mass is 705 g/mol. The van der Waals surface area contributed by atoms with Gasteiger partial charge in [-0.15, -0.1) is 0 Å². The fraction of sp³-hybridized carbons (Fsp3) is 0.459. The fourth-order valence-corrected chi connectivity index (χ4v) is 5.96. The molecule has 0 aliphatic carbocycles. The summed E-state index contributed by atoms with van der Waals surface area (Å²) in [5, 5.41) is 7.56. The Bertz CT molecular complexity index is 1610. The molecule has 1 fully saturated rings. The van der Waals surface area contributed by atoms with Crippen molar-refractivity contribution < 1.29 is 42.9 Å². The summed E-state index contributed by atoms with van der Waals surface area (Å²) in [5.41, 5.74) is 0.544. The molecule has 274 valence electrons. The lowest BCUT2D eigenvalue weighted by molar-refractivity contribution is -0.152. The summed E-state index contributed by atoms with van der Waals surface area (Å²) in [7, 11) is 1.25. The van der Waals surface area contributed by atoms with Crippen molar-refractivity contribution in [2.45, 2.75) is 90.7 Å². The van der Waals surface area contributed by atoms with Crippen molar-refractivity contribution >= 4 is 41.7 Å². The van der Waals surface area contributed by atoms with Crippen LogP contribution in [0.5, 0.6) is 0 Å². The Labute approximate surface area is 297 Å². The molecule has 2 aromatic rings. The largest absolute Gasteiger partial charge is 0.467 e. The van der Waals surface area contributed by atoms with E-state index < -0.39 is 59.4 Å². The van der Waals surface area contributed by atoms with E-state index in [0.29, 0.717) is 18.4 Å². The molecule has 3 atom stereocenters. The first-order chi connectivity index (χ1) is 24.0. The maximum absolute atomic E-state index is 14.3. The molecule has 4 rings (SSSR count). The SMILES string of the molecule is COC(=O)[C@@H]1[C@@H](CCN=C(NC(=O)OC(C)(C)C)NC(=O)OC(C)(C)C)C[C@@H]2CC(c3ccccc3)=C(NC(=O)OCc3ccccc3)C(=O)N21. The molecule has 14 nitrogen and oxygen atoms in total. The number of nitrogens with one attached hydrogen (secondary N) is 3. The minimum Gasteiger partial charge on any atom is -0.467 e. The van der Waals surface area contributed by atoms with Gasteiger partial charge in [-0.1, -0.05) is 60.7 Å². The summed E-state index contributed by atoms with van der Waals surface area (Å²) in [6, 6.07) is 17.0. The van der Waals surface area contributed by atoms with E-state index in [1.807, 2.05) is 60.7 Å². The van der Waals surface area contributed by atoms with Gasteiger partial charge in [-0.2, -0.15) is 0 Å². The molecule has 0 bridgehead atoms. The average Bonchev–Trinajstić information content (AvgIpc) is 3.42. The van der Waals surface area contributed by atoms with Crippen LogP contribution in [0.1, 0.15) is 71.9 Å². The van der Waals surface area contributed by atoms with Crippen LogP contribution in [0, 0.1) is 5.92 Å². The van der Waals surface area contributed by atoms with Crippen LogP contribution >= 0.6 is 0 Å². The van der Waals surface area contributed by atoms with Gasteiger partial charge in [0.1, 0.15) is 29.5 Å². The van der Waals surface area contributed by atoms with Crippen LogP contribution in [0.3, 0.4) is 0 Å². The van der Waals surface area contributed by atoms with Crippen molar-refractivity contribution in [3.8, 4) is 0 Å². The number of rotatable bonds is 8. The molecule has 2 aliphatic heterocycles. The second-order valence-corrected chi connectivity index (χ2v) is 14.2. The van der Waals surface area contributed by atoms with Gasteiger partial charge in [0.2, 0.25) is 5.96 Å². The van der Waals surface area contributed by atoms with Crippen molar-refractivity contribution in [3.05, 3.63) is 77.5 Å². The summed E-state index contributed by atoms with van der Waals surface area (Å²) in [5.74, 6) is -1.77. The molecule has 2 heterocycles. The number of amides is 4. The topological polar surface area (TPSA) is 174 Å². The van der Waals surface area contributed by atoms with E-state index in [0.717, 1.165) is 11.1 Å². The van der Waals surface area contributed by atoms with Crippen LogP contribution in [0.25, 0.3) is 5.57 Å². The normalized spacial score (nSPS) is 18.6. The Hall–Kier alpha value is -5.40. The number of carbonyl (C=O) groups is 5. The molecule has 2 aliphatic rings. The number of hydrogen-bond donors (Lipinski definition) is 3. The number of nitrogens with zero attached hydrogens (tertiary/aromatic N) is 2. The lowest BCUT2D eigenvalue weighted by Gasteiger charge is -2.36. The molecule has 2 aromatic carbocycles. The Morgan fingerprint density at radius 1 is 0.843 bits per heavy atom. The third-order valence-electron chi connectivity index (χ3n) is 7.92. The molecule has 0 saturated carbocycles. The average molecular weight is 706 g/mol. The van der Waals surface area contributed by atoms with Crippen LogP contribution in [-0.2, 0) is 35.1 Å². The number of fused-ring (bicyclic) bond motifs is 1. The van der Waals surface area contributed by atoms with Gasteiger partial charge in [0.25, 0.3) is 5.91 Å². The highest BCUT2D eigenvalue weighted by Gasteiger charge is 2.51. The molecule has 0 radical (unpaired) electrons. The van der Waals surface area contributed by atoms with Crippen molar-refractivity contribution in [2.75, 3.05) is 13.7 Å². The van der Waals surface area contributed by atoms with E-state index in [2.05, 4.69) is 20.9 Å². The molecular weight excluding hydrogens is 658 g/mol. The molecule has 0 spiro atoms. The zero-order valence-corrected chi connectivity index (χ0v) is 30.1. The Kier molecular flexibility index (Phi) is 12.5. The standard InChI is InChI=1S/C37H47N5O9/c1-36(2,3)50-34(46)40-32(41-35(47)51-37(4,5)6)38-19-18-25-20-26-21-27(24-16-12-9-13-17-24)28(30(43)42(26)29(25)31(44)48-7)39-33(45)49-22-23-14-10-8-11-15-23/h8-17,25-26,29H,18-22H2,1-7H3,(H,39,45)(H2,38,40,41,46,47)/t25-,26+,29-/m0/s1. The molecule has 0 unspecified atom stereocenters. The molecular formula is C37H47N5O9. The zero-order valence-electron chi connectivity index (χ0n) is 30.1. The van der Waals surface area contributed by atoms with Crippen LogP contribution < -0.4 is 16.0 Å². The summed E-state index contributed by atoms with van der Waals surface area (Å²) < 4.78 is 21.2. The highest BCUT2D eigenvalue weighted by Crippen LogP contribution is 2.42. The predicted molar refractivity (Wildman–Crippen MR) is 188 cm³/mol. The number of alkyl carbamates (subject to hydrolysis) is 3. The third-order valence-corrected chi connectivity index (χ3v) is 7.92. The Balaban J connectivity index is 1.56. The van der Waals surface area contributed by atoms with E-state index >= 15 is 0 Å². The minimum atomic E-state index is -0.988. The van der Waals surface area contributed by atoms with E-state index in [1.54, 1.807) is 41.5 Å². The smallest absolute Gasteiger partial charge is 0.414 e. The second kappa shape index (κ2) is 16.5. The number of carbonyl (C=O) groups excluding carboxylic acids is 5. The van der Waals surface area contributed by atoms with Gasteiger partial charge < -0.3 is 23.8 Å². The fourth-order valence-electron chi connectivity index (χ4n) is 5.96. The van der Waals surface area contributed by atoms with Crippen molar-refractivity contribution in [1.29, 1.82) is 0 Å². The molecule has 1 saturated heterocycles. The van der Waals surface area contributed by atoms with E-state index in [4.69, 9.17) is 18.9 Å². The summed E-state index contributed by atoms with van der Waals surface area (Å²) in [6.45, 7) is 10.2. The highest BCUT2D eigenvalue weighted by atomic mass is 16.6. The van der Waals surface area contributed by atoms with Gasteiger partial charge in [-0.05, 0) is 83.4 Å². The van der Waals surface area contributed by atoms with Gasteiger partial charge >= 0.3 is 24.2 Å². The van der Waals surface area contributed by atoms with Gasteiger partial charge in [-0.3, -0.25) is 25.7 Å². The van der Waals surface area contributed by atoms with Gasteiger partial charge in [0, 0.05) is 12.6 Å². The number of ether oxygens (including phenoxy) is 4. The Morgan fingerprint density at radius 3 is 1.96 bits per heavy atom. The summed E-state index contributed by atoms with van der Waals surface area (Å²) in [6.07, 6.45) is -1.43. The third kappa shape index (κ3) is 11.0. The zero-order chi connectivity index (χ0) is 37.3. The maximum atomic E-state index is 14.3. The van der Waals surface area contributed by atoms with Crippen molar-refractivity contribution in [3.63, 3.8) is 0 Å². The molecule has 51 heavy (non-hydrogen) atoms. The summed E-state index contributed by atoms with van der Waals surface area (Å²) >= 11 is 0. The first-order valence-corrected chi connectivity index (χ1v) is 16.8. The van der Waals surface area contributed by atoms with Gasteiger partial charge in [-0.25, -0.2) is 19.2 Å². The van der Waals surface area contributed by atoms with Gasteiger partial charge in [0.05, 0.1) is 7.11 Å². The molecule has 14 heteroatoms. The maximum Gasteiger partial charge on any atom is 0.414 e. The predicted octanol–water partition coefficient (Wildman–Crippen LogP) is 5.28. The quantitative estimate of drug-likeness (QED) is 0.143. The second-order valence-electron chi connectivity index (χ2n) is 14.2. The van der Waals surface area contributed by atoms with E-state index in [-0.39, 0.29) is 31.2 Å².